The normalized spacial score (nSPS) is 16.0. The third kappa shape index (κ3) is 9.74. The Balaban J connectivity index is 2.10. The highest BCUT2D eigenvalue weighted by atomic mass is 16.9. The zero-order valence-corrected chi connectivity index (χ0v) is 14.0. The number of hydroxylamine groups is 2. The summed E-state index contributed by atoms with van der Waals surface area (Å²) in [6.07, 6.45) is 13.0. The van der Waals surface area contributed by atoms with E-state index in [1.807, 2.05) is 0 Å². The van der Waals surface area contributed by atoms with Crippen LogP contribution in [0.1, 0.15) is 77.0 Å². The van der Waals surface area contributed by atoms with E-state index in [0.717, 1.165) is 64.2 Å². The summed E-state index contributed by atoms with van der Waals surface area (Å²) in [6, 6.07) is 0.412. The lowest BCUT2D eigenvalue weighted by Gasteiger charge is -2.26. The van der Waals surface area contributed by atoms with E-state index in [1.54, 1.807) is 5.23 Å². The summed E-state index contributed by atoms with van der Waals surface area (Å²) in [5, 5.41) is 19.3. The third-order valence-corrected chi connectivity index (χ3v) is 4.16. The molecule has 0 aromatic carbocycles. The Kier molecular flexibility index (Phi) is 13.0. The molecule has 5 heteroatoms. The SMILES string of the molecule is OCCCCCCON(OCCCCCCO)C1CCCC1. The second-order valence-corrected chi connectivity index (χ2v) is 6.17. The first-order valence-corrected chi connectivity index (χ1v) is 9.15. The summed E-state index contributed by atoms with van der Waals surface area (Å²) >= 11 is 0. The molecule has 0 heterocycles. The van der Waals surface area contributed by atoms with Crippen LogP contribution in [0.25, 0.3) is 0 Å². The molecule has 0 saturated heterocycles. The molecular weight excluding hydrogens is 282 g/mol. The lowest BCUT2D eigenvalue weighted by Crippen LogP contribution is -2.34. The van der Waals surface area contributed by atoms with Crippen LogP contribution in [0.2, 0.25) is 0 Å². The Morgan fingerprint density at radius 1 is 0.682 bits per heavy atom. The van der Waals surface area contributed by atoms with Gasteiger partial charge in [0.25, 0.3) is 0 Å². The van der Waals surface area contributed by atoms with Gasteiger partial charge in [-0.1, -0.05) is 43.8 Å². The van der Waals surface area contributed by atoms with Gasteiger partial charge >= 0.3 is 0 Å². The number of nitrogens with zero attached hydrogens (tertiary/aromatic N) is 1. The maximum atomic E-state index is 8.76. The molecule has 1 fully saturated rings. The lowest BCUT2D eigenvalue weighted by atomic mass is 10.2. The lowest BCUT2D eigenvalue weighted by molar-refractivity contribution is -0.388. The minimum absolute atomic E-state index is 0.286. The van der Waals surface area contributed by atoms with Crippen LogP contribution in [0.5, 0.6) is 0 Å². The van der Waals surface area contributed by atoms with Crippen LogP contribution in [0.15, 0.2) is 0 Å². The Hall–Kier alpha value is -0.200. The molecule has 132 valence electrons. The van der Waals surface area contributed by atoms with Crippen molar-refractivity contribution in [2.24, 2.45) is 0 Å². The second kappa shape index (κ2) is 14.4. The van der Waals surface area contributed by atoms with Crippen molar-refractivity contribution in [1.82, 2.24) is 5.23 Å². The molecule has 0 radical (unpaired) electrons. The van der Waals surface area contributed by atoms with Crippen molar-refractivity contribution in [2.75, 3.05) is 26.4 Å². The Labute approximate surface area is 135 Å². The molecule has 0 aliphatic heterocycles. The first kappa shape index (κ1) is 19.8. The van der Waals surface area contributed by atoms with Crippen molar-refractivity contribution in [3.05, 3.63) is 0 Å². The Morgan fingerprint density at radius 2 is 1.14 bits per heavy atom. The molecule has 0 aromatic rings. The predicted molar refractivity (Wildman–Crippen MR) is 87.1 cm³/mol. The van der Waals surface area contributed by atoms with Crippen molar-refractivity contribution in [1.29, 1.82) is 0 Å². The highest BCUT2D eigenvalue weighted by Crippen LogP contribution is 2.24. The van der Waals surface area contributed by atoms with Crippen LogP contribution in [-0.4, -0.2) is 47.9 Å². The van der Waals surface area contributed by atoms with Gasteiger partial charge in [0.15, 0.2) is 0 Å². The molecule has 5 nitrogen and oxygen atoms in total. The first-order chi connectivity index (χ1) is 10.9. The van der Waals surface area contributed by atoms with Gasteiger partial charge in [0.1, 0.15) is 0 Å². The zero-order valence-electron chi connectivity index (χ0n) is 14.0. The predicted octanol–water partition coefficient (Wildman–Crippen LogP) is 3.20. The molecule has 0 atom stereocenters. The fraction of sp³-hybridized carbons (Fsp3) is 1.00. The molecule has 22 heavy (non-hydrogen) atoms. The molecule has 2 N–H and O–H groups in total. The summed E-state index contributed by atoms with van der Waals surface area (Å²) in [5.74, 6) is 0. The molecule has 1 aliphatic rings. The fourth-order valence-electron chi connectivity index (χ4n) is 2.81. The summed E-state index contributed by atoms with van der Waals surface area (Å²) in [5.41, 5.74) is 0. The van der Waals surface area contributed by atoms with Gasteiger partial charge in [-0.25, -0.2) is 0 Å². The highest BCUT2D eigenvalue weighted by molar-refractivity contribution is 4.69. The Bertz CT molecular complexity index is 219. The molecular formula is C17H35NO4. The van der Waals surface area contributed by atoms with Gasteiger partial charge in [-0.05, 0) is 38.5 Å². The summed E-state index contributed by atoms with van der Waals surface area (Å²) in [7, 11) is 0. The molecule has 1 aliphatic carbocycles. The first-order valence-electron chi connectivity index (χ1n) is 9.15. The van der Waals surface area contributed by atoms with Crippen LogP contribution in [0, 0.1) is 0 Å². The van der Waals surface area contributed by atoms with Crippen LogP contribution in [0.4, 0.5) is 0 Å². The standard InChI is InChI=1S/C17H35NO4/c19-13-7-1-3-9-15-21-18(17-11-5-6-12-17)22-16-10-4-2-8-14-20/h17,19-20H,1-16H2. The van der Waals surface area contributed by atoms with Crippen LogP contribution < -0.4 is 0 Å². The summed E-state index contributed by atoms with van der Waals surface area (Å²) in [4.78, 5) is 11.7. The van der Waals surface area contributed by atoms with E-state index in [9.17, 15) is 0 Å². The van der Waals surface area contributed by atoms with E-state index in [0.29, 0.717) is 19.3 Å². The number of aliphatic hydroxyl groups is 2. The molecule has 0 spiro atoms. The molecule has 0 bridgehead atoms. The number of hydrogen-bond acceptors (Lipinski definition) is 5. The maximum absolute atomic E-state index is 8.76. The highest BCUT2D eigenvalue weighted by Gasteiger charge is 2.24. The van der Waals surface area contributed by atoms with Gasteiger partial charge in [0, 0.05) is 13.2 Å². The van der Waals surface area contributed by atoms with Gasteiger partial charge < -0.3 is 10.2 Å². The third-order valence-electron chi connectivity index (χ3n) is 4.16. The van der Waals surface area contributed by atoms with E-state index < -0.39 is 0 Å². The van der Waals surface area contributed by atoms with E-state index in [2.05, 4.69) is 0 Å². The van der Waals surface area contributed by atoms with Crippen molar-refractivity contribution < 1.29 is 19.9 Å². The minimum Gasteiger partial charge on any atom is -0.396 e. The van der Waals surface area contributed by atoms with Crippen LogP contribution in [0.3, 0.4) is 0 Å². The average molecular weight is 317 g/mol. The fourth-order valence-corrected chi connectivity index (χ4v) is 2.81. The van der Waals surface area contributed by atoms with Crippen molar-refractivity contribution in [3.8, 4) is 0 Å². The number of hydrogen-bond donors (Lipinski definition) is 2. The Morgan fingerprint density at radius 3 is 1.59 bits per heavy atom. The topological polar surface area (TPSA) is 62.2 Å². The monoisotopic (exact) mass is 317 g/mol. The van der Waals surface area contributed by atoms with Gasteiger partial charge in [0.05, 0.1) is 19.3 Å². The largest absolute Gasteiger partial charge is 0.396 e. The number of unbranched alkanes of at least 4 members (excludes halogenated alkanes) is 6. The average Bonchev–Trinajstić information content (AvgIpc) is 3.06. The molecule has 0 amide bonds. The molecule has 1 saturated carbocycles. The van der Waals surface area contributed by atoms with Crippen LogP contribution >= 0.6 is 0 Å². The quantitative estimate of drug-likeness (QED) is 0.359. The van der Waals surface area contributed by atoms with E-state index in [4.69, 9.17) is 19.9 Å². The van der Waals surface area contributed by atoms with Crippen LogP contribution in [-0.2, 0) is 9.68 Å². The van der Waals surface area contributed by atoms with E-state index in [1.165, 1.54) is 12.8 Å². The summed E-state index contributed by atoms with van der Waals surface area (Å²) in [6.45, 7) is 1.97. The van der Waals surface area contributed by atoms with E-state index >= 15 is 0 Å². The van der Waals surface area contributed by atoms with Gasteiger partial charge in [-0.3, -0.25) is 9.68 Å². The van der Waals surface area contributed by atoms with Crippen molar-refractivity contribution >= 4 is 0 Å². The second-order valence-electron chi connectivity index (χ2n) is 6.17. The van der Waals surface area contributed by atoms with Crippen molar-refractivity contribution in [3.63, 3.8) is 0 Å². The number of rotatable bonds is 15. The summed E-state index contributed by atoms with van der Waals surface area (Å²) < 4.78 is 0. The molecule has 0 aromatic heterocycles. The smallest absolute Gasteiger partial charge is 0.0711 e. The molecule has 1 rings (SSSR count). The number of aliphatic hydroxyl groups excluding tert-OH is 2. The van der Waals surface area contributed by atoms with E-state index in [-0.39, 0.29) is 13.2 Å². The zero-order chi connectivity index (χ0) is 15.9. The van der Waals surface area contributed by atoms with Gasteiger partial charge in [-0.2, -0.15) is 0 Å². The molecule has 0 unspecified atom stereocenters. The maximum Gasteiger partial charge on any atom is 0.0711 e. The van der Waals surface area contributed by atoms with Gasteiger partial charge in [-0.15, -0.1) is 0 Å². The van der Waals surface area contributed by atoms with Gasteiger partial charge in [0.2, 0.25) is 0 Å². The minimum atomic E-state index is 0.286. The van der Waals surface area contributed by atoms with Crippen molar-refractivity contribution in [2.45, 2.75) is 83.1 Å².